The molecule has 140 valence electrons. The molecular weight excluding hydrogens is 356 g/mol. The van der Waals surface area contributed by atoms with Crippen LogP contribution in [0.4, 0.5) is 0 Å². The van der Waals surface area contributed by atoms with E-state index in [0.29, 0.717) is 0 Å². The molecule has 2 atom stereocenters. The van der Waals surface area contributed by atoms with Crippen LogP contribution in [-0.2, 0) is 19.1 Å². The number of aryl methyl sites for hydroxylation is 1. The van der Waals surface area contributed by atoms with E-state index in [9.17, 15) is 29.4 Å². The maximum absolute atomic E-state index is 12.1. The van der Waals surface area contributed by atoms with Crippen LogP contribution in [-0.4, -0.2) is 36.1 Å². The summed E-state index contributed by atoms with van der Waals surface area (Å²) in [6, 6.07) is 13.2. The molecule has 8 heteroatoms. The molecule has 0 aliphatic heterocycles. The van der Waals surface area contributed by atoms with Gasteiger partial charge in [-0.3, -0.25) is 0 Å². The van der Waals surface area contributed by atoms with Gasteiger partial charge in [-0.25, -0.2) is 9.59 Å². The van der Waals surface area contributed by atoms with Crippen LogP contribution < -0.4 is 10.2 Å². The Bertz CT molecular complexity index is 842. The zero-order valence-electron chi connectivity index (χ0n) is 14.1. The predicted molar refractivity (Wildman–Crippen MR) is 86.0 cm³/mol. The standard InChI is InChI=1S/C19H16O8/c1-11-7-9-13(10-8-11)19(25)27-15(17(22)23)14(16(20)21)26-18(24)12-5-3-2-4-6-12/h2-10,14-15H,1H3,(H,20,21)(H,22,23)/p-2/t14-,15-/m1/s1. The zero-order valence-corrected chi connectivity index (χ0v) is 14.1. The van der Waals surface area contributed by atoms with Crippen LogP contribution in [0.15, 0.2) is 54.6 Å². The third kappa shape index (κ3) is 5.15. The monoisotopic (exact) mass is 370 g/mol. The molecule has 0 aliphatic carbocycles. The minimum Gasteiger partial charge on any atom is -0.546 e. The first-order valence-corrected chi connectivity index (χ1v) is 7.75. The van der Waals surface area contributed by atoms with Gasteiger partial charge in [0.25, 0.3) is 0 Å². The highest BCUT2D eigenvalue weighted by molar-refractivity contribution is 5.94. The van der Waals surface area contributed by atoms with Gasteiger partial charge in [-0.1, -0.05) is 35.9 Å². The van der Waals surface area contributed by atoms with Gasteiger partial charge in [-0.05, 0) is 31.2 Å². The molecule has 0 saturated heterocycles. The molecule has 0 spiro atoms. The summed E-state index contributed by atoms with van der Waals surface area (Å²) in [5.41, 5.74) is 0.802. The van der Waals surface area contributed by atoms with E-state index in [-0.39, 0.29) is 11.1 Å². The van der Waals surface area contributed by atoms with Crippen LogP contribution in [0, 0.1) is 6.92 Å². The van der Waals surface area contributed by atoms with E-state index in [1.807, 2.05) is 0 Å². The zero-order chi connectivity index (χ0) is 20.0. The van der Waals surface area contributed by atoms with Gasteiger partial charge in [0.15, 0.2) is 12.2 Å². The molecule has 0 heterocycles. The van der Waals surface area contributed by atoms with Gasteiger partial charge in [0.2, 0.25) is 0 Å². The topological polar surface area (TPSA) is 133 Å². The van der Waals surface area contributed by atoms with Gasteiger partial charge >= 0.3 is 11.9 Å². The highest BCUT2D eigenvalue weighted by atomic mass is 16.6. The van der Waals surface area contributed by atoms with Crippen molar-refractivity contribution in [1.82, 2.24) is 0 Å². The molecule has 0 aromatic heterocycles. The van der Waals surface area contributed by atoms with Crippen molar-refractivity contribution in [3.63, 3.8) is 0 Å². The first-order chi connectivity index (χ1) is 12.8. The Labute approximate surface area is 154 Å². The van der Waals surface area contributed by atoms with Crippen molar-refractivity contribution in [2.75, 3.05) is 0 Å². The van der Waals surface area contributed by atoms with Gasteiger partial charge in [-0.2, -0.15) is 0 Å². The summed E-state index contributed by atoms with van der Waals surface area (Å²) in [7, 11) is 0. The molecule has 0 unspecified atom stereocenters. The first-order valence-electron chi connectivity index (χ1n) is 7.75. The lowest BCUT2D eigenvalue weighted by Gasteiger charge is -2.28. The second kappa shape index (κ2) is 8.61. The lowest BCUT2D eigenvalue weighted by molar-refractivity contribution is -0.332. The number of benzene rings is 2. The number of carboxylic acid groups (broad SMARTS) is 2. The van der Waals surface area contributed by atoms with E-state index in [4.69, 9.17) is 4.74 Å². The number of hydrogen-bond donors (Lipinski definition) is 0. The number of esters is 2. The van der Waals surface area contributed by atoms with Crippen LogP contribution in [0.2, 0.25) is 0 Å². The highest BCUT2D eigenvalue weighted by Gasteiger charge is 2.32. The number of ether oxygens (including phenoxy) is 2. The Balaban J connectivity index is 2.21. The third-order valence-corrected chi connectivity index (χ3v) is 3.50. The molecular formula is C19H14O8-2. The smallest absolute Gasteiger partial charge is 0.338 e. The van der Waals surface area contributed by atoms with Crippen LogP contribution in [0.5, 0.6) is 0 Å². The summed E-state index contributed by atoms with van der Waals surface area (Å²) in [5, 5.41) is 22.6. The fraction of sp³-hybridized carbons (Fsp3) is 0.158. The van der Waals surface area contributed by atoms with Crippen molar-refractivity contribution in [2.24, 2.45) is 0 Å². The van der Waals surface area contributed by atoms with Gasteiger partial charge in [0.05, 0.1) is 23.1 Å². The largest absolute Gasteiger partial charge is 0.546 e. The number of carbonyl (C=O) groups is 4. The van der Waals surface area contributed by atoms with Crippen molar-refractivity contribution in [2.45, 2.75) is 19.1 Å². The SMILES string of the molecule is Cc1ccc(C(=O)O[C@@H](C(=O)[O-])[C@@H](OC(=O)c2ccccc2)C(=O)[O-])cc1. The molecule has 2 aromatic carbocycles. The Morgan fingerprint density at radius 1 is 0.704 bits per heavy atom. The van der Waals surface area contributed by atoms with Crippen LogP contribution >= 0.6 is 0 Å². The average molecular weight is 370 g/mol. The Morgan fingerprint density at radius 3 is 1.52 bits per heavy atom. The van der Waals surface area contributed by atoms with Crippen molar-refractivity contribution in [3.05, 3.63) is 71.3 Å². The van der Waals surface area contributed by atoms with Crippen LogP contribution in [0.25, 0.3) is 0 Å². The number of aliphatic carboxylic acids is 2. The molecule has 0 N–H and O–H groups in total. The van der Waals surface area contributed by atoms with Gasteiger partial charge < -0.3 is 29.3 Å². The second-order valence-corrected chi connectivity index (χ2v) is 5.52. The third-order valence-electron chi connectivity index (χ3n) is 3.50. The van der Waals surface area contributed by atoms with E-state index in [1.165, 1.54) is 36.4 Å². The average Bonchev–Trinajstić information content (AvgIpc) is 2.65. The summed E-state index contributed by atoms with van der Waals surface area (Å²) in [5.74, 6) is -6.34. The van der Waals surface area contributed by atoms with Crippen molar-refractivity contribution >= 4 is 23.9 Å². The van der Waals surface area contributed by atoms with E-state index in [2.05, 4.69) is 4.74 Å². The molecule has 0 aliphatic rings. The van der Waals surface area contributed by atoms with E-state index in [1.54, 1.807) is 25.1 Å². The summed E-state index contributed by atoms with van der Waals surface area (Å²) in [6.45, 7) is 1.77. The van der Waals surface area contributed by atoms with E-state index in [0.717, 1.165) is 5.56 Å². The van der Waals surface area contributed by atoms with Crippen molar-refractivity contribution in [1.29, 1.82) is 0 Å². The minimum atomic E-state index is -2.39. The second-order valence-electron chi connectivity index (χ2n) is 5.52. The number of carboxylic acids is 2. The summed E-state index contributed by atoms with van der Waals surface area (Å²) in [4.78, 5) is 46.7. The summed E-state index contributed by atoms with van der Waals surface area (Å²) >= 11 is 0. The van der Waals surface area contributed by atoms with Crippen LogP contribution in [0.3, 0.4) is 0 Å². The summed E-state index contributed by atoms with van der Waals surface area (Å²) < 4.78 is 9.38. The highest BCUT2D eigenvalue weighted by Crippen LogP contribution is 2.12. The number of hydrogen-bond acceptors (Lipinski definition) is 8. The molecule has 0 radical (unpaired) electrons. The fourth-order valence-electron chi connectivity index (χ4n) is 2.10. The minimum absolute atomic E-state index is 0.0154. The van der Waals surface area contributed by atoms with Gasteiger partial charge in [0, 0.05) is 0 Å². The lowest BCUT2D eigenvalue weighted by atomic mass is 10.1. The molecule has 2 rings (SSSR count). The number of rotatable bonds is 7. The van der Waals surface area contributed by atoms with Crippen molar-refractivity contribution in [3.8, 4) is 0 Å². The number of carbonyl (C=O) groups excluding carboxylic acids is 4. The quantitative estimate of drug-likeness (QED) is 0.581. The molecule has 8 nitrogen and oxygen atoms in total. The maximum Gasteiger partial charge on any atom is 0.338 e. The Morgan fingerprint density at radius 2 is 1.11 bits per heavy atom. The van der Waals surface area contributed by atoms with Gasteiger partial charge in [0.1, 0.15) is 0 Å². The van der Waals surface area contributed by atoms with Crippen molar-refractivity contribution < 1.29 is 38.9 Å². The maximum atomic E-state index is 12.1. The lowest BCUT2D eigenvalue weighted by Crippen LogP contribution is -2.55. The summed E-state index contributed by atoms with van der Waals surface area (Å²) in [6.07, 6.45) is -4.78. The molecule has 0 bridgehead atoms. The Kier molecular flexibility index (Phi) is 6.27. The molecule has 0 fully saturated rings. The predicted octanol–water partition coefficient (Wildman–Crippen LogP) is -0.754. The fourth-order valence-corrected chi connectivity index (χ4v) is 2.10. The van der Waals surface area contributed by atoms with Crippen LogP contribution in [0.1, 0.15) is 26.3 Å². The van der Waals surface area contributed by atoms with E-state index >= 15 is 0 Å². The first kappa shape index (κ1) is 19.6. The van der Waals surface area contributed by atoms with Gasteiger partial charge in [-0.15, -0.1) is 0 Å². The van der Waals surface area contributed by atoms with E-state index < -0.39 is 36.1 Å². The molecule has 0 amide bonds. The molecule has 27 heavy (non-hydrogen) atoms. The molecule has 0 saturated carbocycles. The normalized spacial score (nSPS) is 12.5. The molecule has 2 aromatic rings. The Hall–Kier alpha value is -3.68.